The molecule has 100 valence electrons. The van der Waals surface area contributed by atoms with Crippen molar-refractivity contribution >= 4 is 12.0 Å². The molecule has 1 N–H and O–H groups in total. The summed E-state index contributed by atoms with van der Waals surface area (Å²) < 4.78 is 5.26. The number of hydrogen-bond acceptors (Lipinski definition) is 4. The second-order valence-electron chi connectivity index (χ2n) is 4.53. The van der Waals surface area contributed by atoms with Gasteiger partial charge >= 0.3 is 5.97 Å². The molecule has 5 nitrogen and oxygen atoms in total. The zero-order valence-electron chi connectivity index (χ0n) is 10.9. The molecule has 1 aromatic carbocycles. The quantitative estimate of drug-likeness (QED) is 0.895. The lowest BCUT2D eigenvalue weighted by Crippen LogP contribution is -2.30. The van der Waals surface area contributed by atoms with Gasteiger partial charge in [0.2, 0.25) is 0 Å². The number of hydrogen-bond donors (Lipinski definition) is 1. The van der Waals surface area contributed by atoms with Gasteiger partial charge in [0.05, 0.1) is 0 Å². The van der Waals surface area contributed by atoms with E-state index in [0.717, 1.165) is 11.8 Å². The van der Waals surface area contributed by atoms with Gasteiger partial charge < -0.3 is 14.4 Å². The molecule has 0 fully saturated rings. The summed E-state index contributed by atoms with van der Waals surface area (Å²) in [6.07, 6.45) is 1.16. The van der Waals surface area contributed by atoms with E-state index < -0.39 is 5.97 Å². The first kappa shape index (κ1) is 13.1. The summed E-state index contributed by atoms with van der Waals surface area (Å²) >= 11 is 0. The highest BCUT2D eigenvalue weighted by Gasteiger charge is 2.19. The number of nitrogens with zero attached hydrogens (tertiary/aromatic N) is 2. The predicted octanol–water partition coefficient (Wildman–Crippen LogP) is 2.79. The summed E-state index contributed by atoms with van der Waals surface area (Å²) in [5, 5.41) is 8.87. The summed E-state index contributed by atoms with van der Waals surface area (Å²) in [6.45, 7) is 4.64. The molecule has 5 heteroatoms. The van der Waals surface area contributed by atoms with Crippen molar-refractivity contribution in [1.29, 1.82) is 0 Å². The van der Waals surface area contributed by atoms with E-state index in [4.69, 9.17) is 9.52 Å². The number of carbonyl (C=O) groups is 1. The molecule has 0 unspecified atom stereocenters. The summed E-state index contributed by atoms with van der Waals surface area (Å²) in [7, 11) is 0. The molecule has 0 aliphatic carbocycles. The first-order valence-corrected chi connectivity index (χ1v) is 6.07. The maximum Gasteiger partial charge on any atom is 0.357 e. The summed E-state index contributed by atoms with van der Waals surface area (Å²) in [5.41, 5.74) is 1.04. The minimum atomic E-state index is -1.08. The normalized spacial score (nSPS) is 10.7. The van der Waals surface area contributed by atoms with Crippen molar-refractivity contribution in [1.82, 2.24) is 4.98 Å². The van der Waals surface area contributed by atoms with Gasteiger partial charge in [-0.05, 0) is 19.4 Å². The molecule has 0 atom stereocenters. The zero-order chi connectivity index (χ0) is 13.8. The fourth-order valence-electron chi connectivity index (χ4n) is 1.75. The van der Waals surface area contributed by atoms with Crippen LogP contribution in [0, 0.1) is 0 Å². The highest BCUT2D eigenvalue weighted by Crippen LogP contribution is 2.19. The van der Waals surface area contributed by atoms with E-state index in [1.807, 2.05) is 49.1 Å². The number of rotatable bonds is 5. The number of carboxylic acid groups (broad SMARTS) is 1. The number of aromatic nitrogens is 1. The van der Waals surface area contributed by atoms with E-state index in [0.29, 0.717) is 12.6 Å². The lowest BCUT2D eigenvalue weighted by molar-refractivity contribution is 0.0690. The Morgan fingerprint density at radius 3 is 2.58 bits per heavy atom. The van der Waals surface area contributed by atoms with Crippen LogP contribution in [0.4, 0.5) is 6.01 Å². The third kappa shape index (κ3) is 3.13. The number of oxazole rings is 1. The highest BCUT2D eigenvalue weighted by atomic mass is 16.4. The van der Waals surface area contributed by atoms with Crippen LogP contribution < -0.4 is 4.90 Å². The molecule has 0 aliphatic rings. The van der Waals surface area contributed by atoms with Gasteiger partial charge in [0.25, 0.3) is 6.01 Å². The first-order chi connectivity index (χ1) is 9.08. The van der Waals surface area contributed by atoms with Crippen LogP contribution in [0.1, 0.15) is 29.9 Å². The minimum absolute atomic E-state index is 0.0753. The van der Waals surface area contributed by atoms with Crippen molar-refractivity contribution in [3.05, 3.63) is 47.9 Å². The molecule has 2 rings (SSSR count). The first-order valence-electron chi connectivity index (χ1n) is 6.07. The van der Waals surface area contributed by atoms with E-state index >= 15 is 0 Å². The molecule has 0 saturated heterocycles. The average molecular weight is 260 g/mol. The van der Waals surface area contributed by atoms with Crippen molar-refractivity contribution in [2.75, 3.05) is 4.90 Å². The molecular weight excluding hydrogens is 244 g/mol. The van der Waals surface area contributed by atoms with Crippen LogP contribution in [0.2, 0.25) is 0 Å². The van der Waals surface area contributed by atoms with Crippen LogP contribution in [-0.2, 0) is 6.54 Å². The third-order valence-electron chi connectivity index (χ3n) is 2.78. The van der Waals surface area contributed by atoms with Crippen molar-refractivity contribution in [3.63, 3.8) is 0 Å². The van der Waals surface area contributed by atoms with Crippen LogP contribution in [0.25, 0.3) is 0 Å². The van der Waals surface area contributed by atoms with Crippen LogP contribution in [0.5, 0.6) is 0 Å². The number of aromatic carboxylic acids is 1. The van der Waals surface area contributed by atoms with Gasteiger partial charge in [-0.25, -0.2) is 4.79 Å². The molecule has 0 amide bonds. The molecule has 0 radical (unpaired) electrons. The SMILES string of the molecule is CC(C)N(Cc1ccccc1)c1nc(C(=O)O)co1. The van der Waals surface area contributed by atoms with Crippen LogP contribution >= 0.6 is 0 Å². The van der Waals surface area contributed by atoms with Crippen molar-refractivity contribution in [2.24, 2.45) is 0 Å². The summed E-state index contributed by atoms with van der Waals surface area (Å²) in [4.78, 5) is 16.7. The fourth-order valence-corrected chi connectivity index (χ4v) is 1.75. The second kappa shape index (κ2) is 5.56. The summed E-state index contributed by atoms with van der Waals surface area (Å²) in [5.74, 6) is -1.08. The molecule has 1 heterocycles. The molecule has 2 aromatic rings. The van der Waals surface area contributed by atoms with Gasteiger partial charge in [0.15, 0.2) is 5.69 Å². The Morgan fingerprint density at radius 2 is 2.05 bits per heavy atom. The van der Waals surface area contributed by atoms with Crippen LogP contribution in [-0.4, -0.2) is 22.1 Å². The fraction of sp³-hybridized carbons (Fsp3) is 0.286. The standard InChI is InChI=1S/C14H16N2O3/c1-10(2)16(8-11-6-4-3-5-7-11)14-15-12(9-19-14)13(17)18/h3-7,9-10H,8H2,1-2H3,(H,17,18). The highest BCUT2D eigenvalue weighted by molar-refractivity contribution is 5.85. The second-order valence-corrected chi connectivity index (χ2v) is 4.53. The Balaban J connectivity index is 2.22. The van der Waals surface area contributed by atoms with E-state index in [1.54, 1.807) is 0 Å². The Kier molecular flexibility index (Phi) is 3.85. The monoisotopic (exact) mass is 260 g/mol. The Morgan fingerprint density at radius 1 is 1.37 bits per heavy atom. The van der Waals surface area contributed by atoms with Crippen LogP contribution in [0.15, 0.2) is 41.0 Å². The third-order valence-corrected chi connectivity index (χ3v) is 2.78. The number of carboxylic acids is 1. The van der Waals surface area contributed by atoms with Crippen molar-refractivity contribution in [3.8, 4) is 0 Å². The van der Waals surface area contributed by atoms with Gasteiger partial charge in [-0.1, -0.05) is 30.3 Å². The molecule has 0 aliphatic heterocycles. The maximum atomic E-state index is 10.8. The van der Waals surface area contributed by atoms with Crippen molar-refractivity contribution < 1.29 is 14.3 Å². The minimum Gasteiger partial charge on any atom is -0.476 e. The van der Waals surface area contributed by atoms with Gasteiger partial charge in [0.1, 0.15) is 6.26 Å². The maximum absolute atomic E-state index is 10.8. The van der Waals surface area contributed by atoms with Gasteiger partial charge in [-0.3, -0.25) is 0 Å². The van der Waals surface area contributed by atoms with Crippen molar-refractivity contribution in [2.45, 2.75) is 26.4 Å². The van der Waals surface area contributed by atoms with E-state index in [-0.39, 0.29) is 11.7 Å². The van der Waals surface area contributed by atoms with Crippen LogP contribution in [0.3, 0.4) is 0 Å². The molecule has 0 bridgehead atoms. The van der Waals surface area contributed by atoms with E-state index in [1.165, 1.54) is 0 Å². The molecule has 0 saturated carbocycles. The smallest absolute Gasteiger partial charge is 0.357 e. The van der Waals surface area contributed by atoms with E-state index in [9.17, 15) is 4.79 Å². The van der Waals surface area contributed by atoms with Gasteiger partial charge in [0, 0.05) is 12.6 Å². The molecule has 0 spiro atoms. The Labute approximate surface area is 111 Å². The zero-order valence-corrected chi connectivity index (χ0v) is 10.9. The van der Waals surface area contributed by atoms with E-state index in [2.05, 4.69) is 4.98 Å². The number of anilines is 1. The molecule has 1 aromatic heterocycles. The Hall–Kier alpha value is -2.30. The van der Waals surface area contributed by atoms with Gasteiger partial charge in [-0.2, -0.15) is 4.98 Å². The van der Waals surface area contributed by atoms with Gasteiger partial charge in [-0.15, -0.1) is 0 Å². The molecular formula is C14H16N2O3. The predicted molar refractivity (Wildman–Crippen MR) is 71.2 cm³/mol. The lowest BCUT2D eigenvalue weighted by atomic mass is 10.2. The Bertz CT molecular complexity index is 549. The lowest BCUT2D eigenvalue weighted by Gasteiger charge is -2.24. The topological polar surface area (TPSA) is 66.6 Å². The summed E-state index contributed by atoms with van der Waals surface area (Å²) in [6, 6.07) is 10.4. The molecule has 19 heavy (non-hydrogen) atoms. The average Bonchev–Trinajstić information content (AvgIpc) is 2.86. The number of benzene rings is 1. The largest absolute Gasteiger partial charge is 0.476 e.